The van der Waals surface area contributed by atoms with Gasteiger partial charge in [-0.25, -0.2) is 4.79 Å². The highest BCUT2D eigenvalue weighted by atomic mass is 35.5. The summed E-state index contributed by atoms with van der Waals surface area (Å²) in [5, 5.41) is 12.7. The van der Waals surface area contributed by atoms with Crippen molar-refractivity contribution < 1.29 is 23.9 Å². The van der Waals surface area contributed by atoms with Crippen molar-refractivity contribution in [1.29, 1.82) is 0 Å². The predicted octanol–water partition coefficient (Wildman–Crippen LogP) is 3.49. The largest absolute Gasteiger partial charge is 0.493 e. The van der Waals surface area contributed by atoms with Crippen molar-refractivity contribution in [3.63, 3.8) is 0 Å². The van der Waals surface area contributed by atoms with E-state index >= 15 is 0 Å². The van der Waals surface area contributed by atoms with E-state index in [1.807, 2.05) is 0 Å². The molecule has 3 rings (SSSR count). The fraction of sp³-hybridized carbons (Fsp3) is 0.333. The number of methoxy groups -OCH3 is 1. The SMILES string of the molecule is COc1cc(-c2cc(C(=O)O)no2)c(Cl)cc1OCC1CC1. The Labute approximate surface area is 131 Å². The van der Waals surface area contributed by atoms with Gasteiger partial charge in [0, 0.05) is 17.7 Å². The quantitative estimate of drug-likeness (QED) is 0.876. The number of nitrogens with zero attached hydrogens (tertiary/aromatic N) is 1. The summed E-state index contributed by atoms with van der Waals surface area (Å²) in [7, 11) is 1.53. The van der Waals surface area contributed by atoms with Crippen molar-refractivity contribution in [2.75, 3.05) is 13.7 Å². The first-order chi connectivity index (χ1) is 10.6. The minimum Gasteiger partial charge on any atom is -0.493 e. The molecular weight excluding hydrogens is 310 g/mol. The summed E-state index contributed by atoms with van der Waals surface area (Å²) >= 11 is 6.24. The molecule has 0 aliphatic heterocycles. The lowest BCUT2D eigenvalue weighted by Gasteiger charge is -2.12. The zero-order valence-electron chi connectivity index (χ0n) is 11.8. The van der Waals surface area contributed by atoms with Crippen LogP contribution in [0.2, 0.25) is 5.02 Å². The summed E-state index contributed by atoms with van der Waals surface area (Å²) in [5.74, 6) is 0.766. The van der Waals surface area contributed by atoms with Crippen LogP contribution in [0.1, 0.15) is 23.3 Å². The molecule has 1 aromatic heterocycles. The zero-order chi connectivity index (χ0) is 15.7. The van der Waals surface area contributed by atoms with Crippen molar-refractivity contribution in [3.05, 3.63) is 28.9 Å². The third-order valence-corrected chi connectivity index (χ3v) is 3.73. The molecular formula is C15H14ClNO5. The molecule has 1 aliphatic carbocycles. The lowest BCUT2D eigenvalue weighted by Crippen LogP contribution is -2.01. The molecule has 0 amide bonds. The van der Waals surface area contributed by atoms with Crippen LogP contribution in [0.15, 0.2) is 22.7 Å². The van der Waals surface area contributed by atoms with Gasteiger partial charge in [0.1, 0.15) is 0 Å². The summed E-state index contributed by atoms with van der Waals surface area (Å²) in [6.45, 7) is 0.636. The number of carboxylic acid groups (broad SMARTS) is 1. The van der Waals surface area contributed by atoms with E-state index in [1.165, 1.54) is 26.0 Å². The van der Waals surface area contributed by atoms with E-state index in [1.54, 1.807) is 12.1 Å². The van der Waals surface area contributed by atoms with Crippen LogP contribution >= 0.6 is 11.6 Å². The first-order valence-electron chi connectivity index (χ1n) is 6.79. The van der Waals surface area contributed by atoms with Crippen molar-refractivity contribution in [2.24, 2.45) is 5.92 Å². The molecule has 1 aliphatic rings. The molecule has 1 aromatic carbocycles. The minimum atomic E-state index is -1.16. The zero-order valence-corrected chi connectivity index (χ0v) is 12.6. The molecule has 116 valence electrons. The van der Waals surface area contributed by atoms with Gasteiger partial charge in [0.25, 0.3) is 0 Å². The van der Waals surface area contributed by atoms with Crippen molar-refractivity contribution >= 4 is 17.6 Å². The average molecular weight is 324 g/mol. The fourth-order valence-corrected chi connectivity index (χ4v) is 2.24. The summed E-state index contributed by atoms with van der Waals surface area (Å²) in [6, 6.07) is 4.60. The molecule has 7 heteroatoms. The van der Waals surface area contributed by atoms with Crippen molar-refractivity contribution in [2.45, 2.75) is 12.8 Å². The van der Waals surface area contributed by atoms with Crippen LogP contribution in [-0.2, 0) is 0 Å². The molecule has 2 aromatic rings. The van der Waals surface area contributed by atoms with Crippen LogP contribution in [0.3, 0.4) is 0 Å². The molecule has 22 heavy (non-hydrogen) atoms. The molecule has 1 N–H and O–H groups in total. The van der Waals surface area contributed by atoms with Gasteiger partial charge in [0.2, 0.25) is 0 Å². The number of hydrogen-bond acceptors (Lipinski definition) is 5. The smallest absolute Gasteiger partial charge is 0.358 e. The Morgan fingerprint density at radius 2 is 2.18 bits per heavy atom. The first kappa shape index (κ1) is 14.7. The summed E-state index contributed by atoms with van der Waals surface area (Å²) in [4.78, 5) is 10.9. The Balaban J connectivity index is 1.91. The van der Waals surface area contributed by atoms with Gasteiger partial charge in [0.15, 0.2) is 23.0 Å². The lowest BCUT2D eigenvalue weighted by atomic mass is 10.1. The summed E-state index contributed by atoms with van der Waals surface area (Å²) in [5.41, 5.74) is 0.316. The first-order valence-corrected chi connectivity index (χ1v) is 7.17. The van der Waals surface area contributed by atoms with Gasteiger partial charge >= 0.3 is 5.97 Å². The molecule has 1 saturated carbocycles. The van der Waals surface area contributed by atoms with Crippen LogP contribution in [-0.4, -0.2) is 29.9 Å². The number of aromatic nitrogens is 1. The third kappa shape index (κ3) is 3.01. The molecule has 6 nitrogen and oxygen atoms in total. The number of benzene rings is 1. The van der Waals surface area contributed by atoms with Crippen molar-refractivity contribution in [3.8, 4) is 22.8 Å². The number of ether oxygens (including phenoxy) is 2. The average Bonchev–Trinajstić information content (AvgIpc) is 3.19. The van der Waals surface area contributed by atoms with Gasteiger partial charge in [-0.1, -0.05) is 16.8 Å². The number of rotatable bonds is 6. The molecule has 0 unspecified atom stereocenters. The second kappa shape index (κ2) is 5.88. The molecule has 1 fully saturated rings. The lowest BCUT2D eigenvalue weighted by molar-refractivity contribution is 0.0686. The number of carbonyl (C=O) groups is 1. The molecule has 0 atom stereocenters. The van der Waals surface area contributed by atoms with E-state index in [0.717, 1.165) is 0 Å². The Morgan fingerprint density at radius 1 is 1.41 bits per heavy atom. The Hall–Kier alpha value is -2.21. The maximum absolute atomic E-state index is 10.9. The Bertz CT molecular complexity index is 708. The standard InChI is InChI=1S/C15H14ClNO5/c1-20-13-4-9(12-6-11(15(18)19)17-22-12)10(16)5-14(13)21-7-8-2-3-8/h4-6,8H,2-3,7H2,1H3,(H,18,19). The number of halogens is 1. The normalized spacial score (nSPS) is 13.9. The molecule has 0 saturated heterocycles. The number of carboxylic acids is 1. The van der Waals surface area contributed by atoms with Gasteiger partial charge in [0.05, 0.1) is 18.7 Å². The van der Waals surface area contributed by atoms with E-state index in [0.29, 0.717) is 34.6 Å². The van der Waals surface area contributed by atoms with Gasteiger partial charge < -0.3 is 19.1 Å². The van der Waals surface area contributed by atoms with Crippen molar-refractivity contribution in [1.82, 2.24) is 5.16 Å². The van der Waals surface area contributed by atoms with E-state index in [-0.39, 0.29) is 11.5 Å². The van der Waals surface area contributed by atoms with E-state index in [9.17, 15) is 4.79 Å². The second-order valence-electron chi connectivity index (χ2n) is 5.12. The fourth-order valence-electron chi connectivity index (χ4n) is 1.99. The summed E-state index contributed by atoms with van der Waals surface area (Å²) < 4.78 is 16.1. The van der Waals surface area contributed by atoms with E-state index in [4.69, 9.17) is 30.7 Å². The Morgan fingerprint density at radius 3 is 2.77 bits per heavy atom. The highest BCUT2D eigenvalue weighted by molar-refractivity contribution is 6.33. The van der Waals surface area contributed by atoms with E-state index in [2.05, 4.69) is 5.16 Å². The van der Waals surface area contributed by atoms with Crippen LogP contribution in [0.25, 0.3) is 11.3 Å². The maximum atomic E-state index is 10.9. The van der Waals surface area contributed by atoms with Crippen LogP contribution in [0, 0.1) is 5.92 Å². The van der Waals surface area contributed by atoms with E-state index < -0.39 is 5.97 Å². The molecule has 0 radical (unpaired) electrons. The predicted molar refractivity (Wildman–Crippen MR) is 78.7 cm³/mol. The van der Waals surface area contributed by atoms with Gasteiger partial charge in [-0.3, -0.25) is 0 Å². The second-order valence-corrected chi connectivity index (χ2v) is 5.53. The number of aromatic carboxylic acids is 1. The Kier molecular flexibility index (Phi) is 3.94. The topological polar surface area (TPSA) is 81.8 Å². The van der Waals surface area contributed by atoms with Gasteiger partial charge in [-0.2, -0.15) is 0 Å². The van der Waals surface area contributed by atoms with Crippen LogP contribution < -0.4 is 9.47 Å². The van der Waals surface area contributed by atoms with Crippen LogP contribution in [0.4, 0.5) is 0 Å². The van der Waals surface area contributed by atoms with Gasteiger partial charge in [-0.15, -0.1) is 0 Å². The molecule has 0 bridgehead atoms. The monoisotopic (exact) mass is 323 g/mol. The minimum absolute atomic E-state index is 0.181. The number of hydrogen-bond donors (Lipinski definition) is 1. The third-order valence-electron chi connectivity index (χ3n) is 3.42. The maximum Gasteiger partial charge on any atom is 0.358 e. The highest BCUT2D eigenvalue weighted by Gasteiger charge is 2.23. The highest BCUT2D eigenvalue weighted by Crippen LogP contribution is 2.40. The van der Waals surface area contributed by atoms with Gasteiger partial charge in [-0.05, 0) is 24.8 Å². The molecule has 0 spiro atoms. The summed E-state index contributed by atoms with van der Waals surface area (Å²) in [6.07, 6.45) is 2.37. The molecule has 1 heterocycles. The van der Waals surface area contributed by atoms with Crippen LogP contribution in [0.5, 0.6) is 11.5 Å².